The summed E-state index contributed by atoms with van der Waals surface area (Å²) >= 11 is 6.47. The van der Waals surface area contributed by atoms with Gasteiger partial charge in [0.2, 0.25) is 5.91 Å². The van der Waals surface area contributed by atoms with Crippen LogP contribution >= 0.6 is 24.0 Å². The second-order valence-electron chi connectivity index (χ2n) is 6.01. The average molecular weight is 417 g/mol. The summed E-state index contributed by atoms with van der Waals surface area (Å²) < 4.78 is 7.63. The standard InChI is InChI=1S/C19H20N4O3S2/c1-26-15-6-3-2-5-14(15)11-16-18(25)23(19(27)28-16)12-17(24)21-7-4-9-22-10-8-20-13-22/h2-3,5-6,8,10-11,13H,4,7,9,12H2,1H3,(H,21,24)/b16-11-. The molecule has 0 spiro atoms. The van der Waals surface area contributed by atoms with Gasteiger partial charge in [-0.05, 0) is 18.6 Å². The van der Waals surface area contributed by atoms with Crippen LogP contribution in [0.3, 0.4) is 0 Å². The molecule has 1 fully saturated rings. The maximum atomic E-state index is 12.7. The molecule has 3 rings (SSSR count). The maximum Gasteiger partial charge on any atom is 0.266 e. The molecule has 0 radical (unpaired) electrons. The van der Waals surface area contributed by atoms with Crippen molar-refractivity contribution in [3.05, 3.63) is 53.5 Å². The van der Waals surface area contributed by atoms with Gasteiger partial charge in [-0.25, -0.2) is 4.98 Å². The van der Waals surface area contributed by atoms with E-state index in [0.29, 0.717) is 21.5 Å². The molecule has 1 aliphatic rings. The summed E-state index contributed by atoms with van der Waals surface area (Å²) in [6.45, 7) is 1.20. The van der Waals surface area contributed by atoms with Crippen molar-refractivity contribution in [1.29, 1.82) is 0 Å². The lowest BCUT2D eigenvalue weighted by molar-refractivity contribution is -0.128. The number of carbonyl (C=O) groups is 2. The second-order valence-corrected chi connectivity index (χ2v) is 7.69. The summed E-state index contributed by atoms with van der Waals surface area (Å²) in [7, 11) is 1.58. The molecule has 0 bridgehead atoms. The molecule has 146 valence electrons. The number of methoxy groups -OCH3 is 1. The minimum absolute atomic E-state index is 0.0843. The first-order chi connectivity index (χ1) is 13.6. The number of benzene rings is 1. The second kappa shape index (κ2) is 9.52. The smallest absolute Gasteiger partial charge is 0.266 e. The molecule has 2 aromatic rings. The number of imidazole rings is 1. The molecule has 2 amide bonds. The third kappa shape index (κ3) is 4.99. The number of aromatic nitrogens is 2. The van der Waals surface area contributed by atoms with E-state index in [1.807, 2.05) is 35.0 Å². The molecule has 1 aromatic carbocycles. The fourth-order valence-corrected chi connectivity index (χ4v) is 3.92. The lowest BCUT2D eigenvalue weighted by Crippen LogP contribution is -2.39. The van der Waals surface area contributed by atoms with Crippen LogP contribution in [-0.4, -0.2) is 50.8 Å². The topological polar surface area (TPSA) is 76.5 Å². The van der Waals surface area contributed by atoms with Crippen molar-refractivity contribution >= 4 is 46.2 Å². The highest BCUT2D eigenvalue weighted by Gasteiger charge is 2.33. The highest BCUT2D eigenvalue weighted by molar-refractivity contribution is 8.26. The zero-order valence-electron chi connectivity index (χ0n) is 15.3. The quantitative estimate of drug-likeness (QED) is 0.404. The van der Waals surface area contributed by atoms with Crippen LogP contribution in [0.4, 0.5) is 0 Å². The van der Waals surface area contributed by atoms with E-state index in [4.69, 9.17) is 17.0 Å². The van der Waals surface area contributed by atoms with Crippen LogP contribution in [0.1, 0.15) is 12.0 Å². The van der Waals surface area contributed by atoms with Crippen molar-refractivity contribution < 1.29 is 14.3 Å². The lowest BCUT2D eigenvalue weighted by Gasteiger charge is -2.14. The Morgan fingerprint density at radius 2 is 2.21 bits per heavy atom. The minimum atomic E-state index is -0.269. The van der Waals surface area contributed by atoms with E-state index < -0.39 is 0 Å². The highest BCUT2D eigenvalue weighted by atomic mass is 32.2. The van der Waals surface area contributed by atoms with Crippen molar-refractivity contribution in [2.24, 2.45) is 0 Å². The number of para-hydroxylation sites is 1. The van der Waals surface area contributed by atoms with Crippen molar-refractivity contribution in [2.75, 3.05) is 20.2 Å². The minimum Gasteiger partial charge on any atom is -0.496 e. The van der Waals surface area contributed by atoms with Gasteiger partial charge in [0.15, 0.2) is 0 Å². The van der Waals surface area contributed by atoms with Gasteiger partial charge < -0.3 is 14.6 Å². The average Bonchev–Trinajstić information content (AvgIpc) is 3.30. The van der Waals surface area contributed by atoms with Crippen molar-refractivity contribution in [1.82, 2.24) is 19.8 Å². The maximum absolute atomic E-state index is 12.7. The van der Waals surface area contributed by atoms with Gasteiger partial charge in [-0.2, -0.15) is 0 Å². The number of thioether (sulfide) groups is 1. The van der Waals surface area contributed by atoms with Gasteiger partial charge >= 0.3 is 0 Å². The molecule has 0 atom stereocenters. The number of aryl methyl sites for hydroxylation is 1. The molecule has 1 aromatic heterocycles. The Kier molecular flexibility index (Phi) is 6.83. The molecule has 28 heavy (non-hydrogen) atoms. The van der Waals surface area contributed by atoms with Crippen molar-refractivity contribution in [2.45, 2.75) is 13.0 Å². The van der Waals surface area contributed by atoms with Gasteiger partial charge in [0.25, 0.3) is 5.91 Å². The Morgan fingerprint density at radius 1 is 1.39 bits per heavy atom. The van der Waals surface area contributed by atoms with Crippen LogP contribution < -0.4 is 10.1 Å². The van der Waals surface area contributed by atoms with Gasteiger partial charge in [-0.3, -0.25) is 14.5 Å². The molecule has 9 heteroatoms. The van der Waals surface area contributed by atoms with Gasteiger partial charge in [0.1, 0.15) is 16.6 Å². The first-order valence-corrected chi connectivity index (χ1v) is 9.92. The number of thiocarbonyl (C=S) groups is 1. The molecule has 1 aliphatic heterocycles. The summed E-state index contributed by atoms with van der Waals surface area (Å²) in [5.74, 6) is 0.165. The molecule has 1 N–H and O–H groups in total. The van der Waals surface area contributed by atoms with E-state index in [9.17, 15) is 9.59 Å². The Balaban J connectivity index is 1.54. The zero-order chi connectivity index (χ0) is 19.9. The number of hydrogen-bond donors (Lipinski definition) is 1. The van der Waals surface area contributed by atoms with Crippen molar-refractivity contribution in [3.63, 3.8) is 0 Å². The first-order valence-electron chi connectivity index (χ1n) is 8.69. The van der Waals surface area contributed by atoms with Crippen LogP contribution in [0.5, 0.6) is 5.75 Å². The Morgan fingerprint density at radius 3 is 2.96 bits per heavy atom. The Hall–Kier alpha value is -2.65. The van der Waals surface area contributed by atoms with Gasteiger partial charge in [0, 0.05) is 31.0 Å². The van der Waals surface area contributed by atoms with E-state index in [0.717, 1.165) is 18.5 Å². The zero-order valence-corrected chi connectivity index (χ0v) is 17.0. The fourth-order valence-electron chi connectivity index (χ4n) is 2.67. The molecule has 0 aliphatic carbocycles. The number of carbonyl (C=O) groups excluding carboxylic acids is 2. The van der Waals surface area contributed by atoms with Crippen LogP contribution in [0.25, 0.3) is 6.08 Å². The molecule has 1 saturated heterocycles. The summed E-state index contributed by atoms with van der Waals surface area (Å²) in [6.07, 6.45) is 7.83. The predicted octanol–water partition coefficient (Wildman–Crippen LogP) is 2.30. The van der Waals surface area contributed by atoms with Gasteiger partial charge in [0.05, 0.1) is 18.3 Å². The number of amides is 2. The van der Waals surface area contributed by atoms with E-state index in [1.165, 1.54) is 16.7 Å². The largest absolute Gasteiger partial charge is 0.496 e. The summed E-state index contributed by atoms with van der Waals surface area (Å²) in [5, 5.41) is 2.82. The molecule has 0 saturated carbocycles. The van der Waals surface area contributed by atoms with Gasteiger partial charge in [-0.1, -0.05) is 42.2 Å². The van der Waals surface area contributed by atoms with Crippen LogP contribution in [0.15, 0.2) is 47.9 Å². The van der Waals surface area contributed by atoms with Crippen LogP contribution in [-0.2, 0) is 16.1 Å². The van der Waals surface area contributed by atoms with E-state index in [-0.39, 0.29) is 18.4 Å². The van der Waals surface area contributed by atoms with E-state index >= 15 is 0 Å². The summed E-state index contributed by atoms with van der Waals surface area (Å²) in [6, 6.07) is 7.41. The van der Waals surface area contributed by atoms with Crippen LogP contribution in [0.2, 0.25) is 0 Å². The highest BCUT2D eigenvalue weighted by Crippen LogP contribution is 2.33. The molecule has 7 nitrogen and oxygen atoms in total. The molecular formula is C19H20N4O3S2. The number of hydrogen-bond acceptors (Lipinski definition) is 6. The van der Waals surface area contributed by atoms with E-state index in [1.54, 1.807) is 25.7 Å². The summed E-state index contributed by atoms with van der Waals surface area (Å²) in [4.78, 5) is 30.6. The lowest BCUT2D eigenvalue weighted by atomic mass is 10.2. The predicted molar refractivity (Wildman–Crippen MR) is 113 cm³/mol. The third-order valence-electron chi connectivity index (χ3n) is 4.08. The SMILES string of the molecule is COc1ccccc1/C=C1\SC(=S)N(CC(=O)NCCCn2ccnc2)C1=O. The third-order valence-corrected chi connectivity index (χ3v) is 5.45. The molecular weight excluding hydrogens is 396 g/mol. The summed E-state index contributed by atoms with van der Waals surface area (Å²) in [5.41, 5.74) is 0.787. The monoisotopic (exact) mass is 416 g/mol. The number of nitrogens with zero attached hydrogens (tertiary/aromatic N) is 3. The van der Waals surface area contributed by atoms with E-state index in [2.05, 4.69) is 10.3 Å². The normalized spacial score (nSPS) is 15.3. The first kappa shape index (κ1) is 20.1. The Labute approximate surface area is 172 Å². The van der Waals surface area contributed by atoms with Gasteiger partial charge in [-0.15, -0.1) is 0 Å². The molecule has 2 heterocycles. The number of rotatable bonds is 8. The Bertz CT molecular complexity index is 896. The van der Waals surface area contributed by atoms with Crippen LogP contribution in [0, 0.1) is 0 Å². The van der Waals surface area contributed by atoms with Crippen molar-refractivity contribution in [3.8, 4) is 5.75 Å². The molecule has 0 unspecified atom stereocenters. The fraction of sp³-hybridized carbons (Fsp3) is 0.263. The number of ether oxygens (including phenoxy) is 1. The number of nitrogens with one attached hydrogen (secondary N) is 1.